The lowest BCUT2D eigenvalue weighted by Crippen LogP contribution is -2.45. The number of benzene rings is 1. The molecule has 1 aliphatic rings. The summed E-state index contributed by atoms with van der Waals surface area (Å²) in [5, 5.41) is 12.6. The highest BCUT2D eigenvalue weighted by Crippen LogP contribution is 2.25. The maximum Gasteiger partial charge on any atom is 0.313 e. The Labute approximate surface area is 135 Å². The van der Waals surface area contributed by atoms with Crippen molar-refractivity contribution < 1.29 is 14.7 Å². The monoisotopic (exact) mass is 324 g/mol. The fraction of sp³-hybridized carbons (Fsp3) is 0.500. The molecule has 120 valence electrons. The van der Waals surface area contributed by atoms with E-state index in [4.69, 9.17) is 11.6 Å². The van der Waals surface area contributed by atoms with Gasteiger partial charge >= 0.3 is 11.8 Å². The lowest BCUT2D eigenvalue weighted by atomic mass is 9.92. The molecule has 1 fully saturated rings. The van der Waals surface area contributed by atoms with Crippen molar-refractivity contribution in [2.24, 2.45) is 5.92 Å². The molecule has 5 nitrogen and oxygen atoms in total. The van der Waals surface area contributed by atoms with Gasteiger partial charge in [0.05, 0.1) is 16.8 Å². The predicted octanol–water partition coefficient (Wildman–Crippen LogP) is 2.21. The third-order valence-corrected chi connectivity index (χ3v) is 4.64. The van der Waals surface area contributed by atoms with Crippen molar-refractivity contribution in [2.45, 2.75) is 32.8 Å². The van der Waals surface area contributed by atoms with Crippen LogP contribution in [0.15, 0.2) is 18.2 Å². The first kappa shape index (κ1) is 16.8. The van der Waals surface area contributed by atoms with Crippen LogP contribution in [-0.4, -0.2) is 41.0 Å². The van der Waals surface area contributed by atoms with E-state index < -0.39 is 11.8 Å². The summed E-state index contributed by atoms with van der Waals surface area (Å²) in [5.41, 5.74) is 1.28. The minimum absolute atomic E-state index is 0.193. The number of piperidine rings is 1. The van der Waals surface area contributed by atoms with Crippen molar-refractivity contribution in [1.29, 1.82) is 0 Å². The number of anilines is 1. The van der Waals surface area contributed by atoms with Crippen molar-refractivity contribution >= 4 is 29.1 Å². The molecule has 1 atom stereocenters. The maximum absolute atomic E-state index is 12.2. The number of rotatable bonds is 2. The molecule has 1 heterocycles. The van der Waals surface area contributed by atoms with E-state index in [1.807, 2.05) is 13.0 Å². The van der Waals surface area contributed by atoms with Crippen LogP contribution >= 0.6 is 11.6 Å². The molecule has 0 bridgehead atoms. The normalized spacial score (nSPS) is 17.2. The van der Waals surface area contributed by atoms with Crippen molar-refractivity contribution in [1.82, 2.24) is 4.90 Å². The van der Waals surface area contributed by atoms with E-state index in [1.165, 1.54) is 4.90 Å². The molecule has 0 saturated carbocycles. The minimum atomic E-state index is -0.678. The van der Waals surface area contributed by atoms with E-state index in [1.54, 1.807) is 19.1 Å². The zero-order chi connectivity index (χ0) is 16.3. The van der Waals surface area contributed by atoms with E-state index in [2.05, 4.69) is 5.32 Å². The highest BCUT2D eigenvalue weighted by molar-refractivity contribution is 6.41. The van der Waals surface area contributed by atoms with Crippen molar-refractivity contribution in [3.63, 3.8) is 0 Å². The standard InChI is InChI=1S/C16H21ClN2O3/c1-10-4-3-5-13(14(10)17)18-15(21)16(22)19-8-6-12(7-9-19)11(2)20/h3-5,11-12,20H,6-9H2,1-2H3,(H,18,21). The number of nitrogens with zero attached hydrogens (tertiary/aromatic N) is 1. The van der Waals surface area contributed by atoms with Gasteiger partial charge in [0, 0.05) is 13.1 Å². The number of carbonyl (C=O) groups is 2. The molecule has 1 unspecified atom stereocenters. The first-order chi connectivity index (χ1) is 10.4. The summed E-state index contributed by atoms with van der Waals surface area (Å²) in [6.45, 7) is 4.57. The number of amides is 2. The second-order valence-electron chi connectivity index (χ2n) is 5.76. The van der Waals surface area contributed by atoms with Crippen LogP contribution in [0.25, 0.3) is 0 Å². The number of aliphatic hydroxyl groups is 1. The molecule has 0 spiro atoms. The summed E-state index contributed by atoms with van der Waals surface area (Å²) in [5.74, 6) is -1.04. The Balaban J connectivity index is 1.96. The lowest BCUT2D eigenvalue weighted by Gasteiger charge is -2.32. The maximum atomic E-state index is 12.2. The molecule has 0 aliphatic carbocycles. The topological polar surface area (TPSA) is 69.6 Å². The van der Waals surface area contributed by atoms with Crippen molar-refractivity contribution in [3.8, 4) is 0 Å². The minimum Gasteiger partial charge on any atom is -0.393 e. The first-order valence-electron chi connectivity index (χ1n) is 7.43. The number of aliphatic hydroxyl groups excluding tert-OH is 1. The second kappa shape index (κ2) is 7.11. The Hall–Kier alpha value is -1.59. The van der Waals surface area contributed by atoms with E-state index in [-0.39, 0.29) is 12.0 Å². The number of halogens is 1. The Kier molecular flexibility index (Phi) is 5.42. The highest BCUT2D eigenvalue weighted by atomic mass is 35.5. The summed E-state index contributed by atoms with van der Waals surface area (Å²) in [7, 11) is 0. The van der Waals surface area contributed by atoms with E-state index in [9.17, 15) is 14.7 Å². The summed E-state index contributed by atoms with van der Waals surface area (Å²) in [6, 6.07) is 5.27. The fourth-order valence-electron chi connectivity index (χ4n) is 2.65. The molecule has 1 aromatic carbocycles. The van der Waals surface area contributed by atoms with Gasteiger partial charge in [0.1, 0.15) is 0 Å². The zero-order valence-electron chi connectivity index (χ0n) is 12.8. The highest BCUT2D eigenvalue weighted by Gasteiger charge is 2.29. The Morgan fingerprint density at radius 2 is 2.00 bits per heavy atom. The molecule has 0 radical (unpaired) electrons. The summed E-state index contributed by atoms with van der Waals surface area (Å²) in [4.78, 5) is 25.8. The summed E-state index contributed by atoms with van der Waals surface area (Å²) < 4.78 is 0. The predicted molar refractivity (Wildman–Crippen MR) is 85.8 cm³/mol. The van der Waals surface area contributed by atoms with Crippen LogP contribution in [0.5, 0.6) is 0 Å². The van der Waals surface area contributed by atoms with Gasteiger partial charge in [-0.3, -0.25) is 9.59 Å². The molecule has 0 aromatic heterocycles. The van der Waals surface area contributed by atoms with Gasteiger partial charge in [0.15, 0.2) is 0 Å². The van der Waals surface area contributed by atoms with Crippen LogP contribution in [0.3, 0.4) is 0 Å². The molecule has 1 aliphatic heterocycles. The van der Waals surface area contributed by atoms with Gasteiger partial charge < -0.3 is 15.3 Å². The van der Waals surface area contributed by atoms with Crippen LogP contribution in [0, 0.1) is 12.8 Å². The number of likely N-dealkylation sites (tertiary alicyclic amines) is 1. The van der Waals surface area contributed by atoms with Gasteiger partial charge in [-0.1, -0.05) is 23.7 Å². The Morgan fingerprint density at radius 3 is 2.59 bits per heavy atom. The van der Waals surface area contributed by atoms with E-state index in [0.717, 1.165) is 5.56 Å². The van der Waals surface area contributed by atoms with Crippen LogP contribution < -0.4 is 5.32 Å². The SMILES string of the molecule is Cc1cccc(NC(=O)C(=O)N2CCC(C(C)O)CC2)c1Cl. The number of carbonyl (C=O) groups excluding carboxylic acids is 2. The quantitative estimate of drug-likeness (QED) is 0.819. The molecular weight excluding hydrogens is 304 g/mol. The van der Waals surface area contributed by atoms with Crippen molar-refractivity contribution in [3.05, 3.63) is 28.8 Å². The van der Waals surface area contributed by atoms with Gasteiger partial charge in [0.2, 0.25) is 0 Å². The number of nitrogens with one attached hydrogen (secondary N) is 1. The molecule has 22 heavy (non-hydrogen) atoms. The van der Waals surface area contributed by atoms with Crippen LogP contribution in [0.1, 0.15) is 25.3 Å². The molecule has 6 heteroatoms. The van der Waals surface area contributed by atoms with Crippen LogP contribution in [0.2, 0.25) is 5.02 Å². The third-order valence-electron chi connectivity index (χ3n) is 4.14. The van der Waals surface area contributed by atoms with E-state index >= 15 is 0 Å². The van der Waals surface area contributed by atoms with Gasteiger partial charge in [-0.2, -0.15) is 0 Å². The number of aryl methyl sites for hydroxylation is 1. The molecule has 1 saturated heterocycles. The largest absolute Gasteiger partial charge is 0.393 e. The molecular formula is C16H21ClN2O3. The van der Waals surface area contributed by atoms with E-state index in [0.29, 0.717) is 36.6 Å². The van der Waals surface area contributed by atoms with Gasteiger partial charge in [-0.05, 0) is 44.2 Å². The molecule has 2 rings (SSSR count). The van der Waals surface area contributed by atoms with Crippen LogP contribution in [-0.2, 0) is 9.59 Å². The second-order valence-corrected chi connectivity index (χ2v) is 6.14. The first-order valence-corrected chi connectivity index (χ1v) is 7.81. The van der Waals surface area contributed by atoms with Gasteiger partial charge in [0.25, 0.3) is 0 Å². The summed E-state index contributed by atoms with van der Waals surface area (Å²) in [6.07, 6.45) is 1.04. The fourth-order valence-corrected chi connectivity index (χ4v) is 2.82. The molecule has 2 N–H and O–H groups in total. The number of hydrogen-bond acceptors (Lipinski definition) is 3. The lowest BCUT2D eigenvalue weighted by molar-refractivity contribution is -0.144. The Bertz CT molecular complexity index is 567. The smallest absolute Gasteiger partial charge is 0.313 e. The summed E-state index contributed by atoms with van der Waals surface area (Å²) >= 11 is 6.11. The molecule has 2 amide bonds. The zero-order valence-corrected chi connectivity index (χ0v) is 13.6. The van der Waals surface area contributed by atoms with Gasteiger partial charge in [-0.15, -0.1) is 0 Å². The van der Waals surface area contributed by atoms with Crippen LogP contribution in [0.4, 0.5) is 5.69 Å². The third kappa shape index (κ3) is 3.78. The average Bonchev–Trinajstić information content (AvgIpc) is 2.51. The molecule has 1 aromatic rings. The number of hydrogen-bond donors (Lipinski definition) is 2. The van der Waals surface area contributed by atoms with Gasteiger partial charge in [-0.25, -0.2) is 0 Å². The van der Waals surface area contributed by atoms with Crippen molar-refractivity contribution in [2.75, 3.05) is 18.4 Å². The Morgan fingerprint density at radius 1 is 1.36 bits per heavy atom. The average molecular weight is 325 g/mol.